The maximum absolute atomic E-state index is 14.2. The molecule has 0 spiro atoms. The average Bonchev–Trinajstić information content (AvgIpc) is 2.59. The lowest BCUT2D eigenvalue weighted by molar-refractivity contribution is -0.434. The summed E-state index contributed by atoms with van der Waals surface area (Å²) in [6.45, 7) is 7.92. The number of hydrogen-bond acceptors (Lipinski definition) is 7. The maximum atomic E-state index is 14.2. The van der Waals surface area contributed by atoms with Crippen molar-refractivity contribution in [1.82, 2.24) is 0 Å². The van der Waals surface area contributed by atoms with Crippen LogP contribution in [0.4, 0.5) is 26.3 Å². The van der Waals surface area contributed by atoms with E-state index in [-0.39, 0.29) is 11.1 Å². The highest BCUT2D eigenvalue weighted by atomic mass is 32.2. The molecule has 14 heteroatoms. The first-order valence-electron chi connectivity index (χ1n) is 8.30. The van der Waals surface area contributed by atoms with Crippen LogP contribution < -0.4 is 4.18 Å². The second kappa shape index (κ2) is 9.10. The van der Waals surface area contributed by atoms with Crippen molar-refractivity contribution in [1.29, 1.82) is 0 Å². The van der Waals surface area contributed by atoms with Gasteiger partial charge in [-0.2, -0.15) is 34.8 Å². The van der Waals surface area contributed by atoms with Gasteiger partial charge in [0.1, 0.15) is 17.8 Å². The number of hydrogen-bond donors (Lipinski definition) is 1. The Labute approximate surface area is 173 Å². The van der Waals surface area contributed by atoms with E-state index in [1.807, 2.05) is 0 Å². The van der Waals surface area contributed by atoms with Crippen LogP contribution in [0, 0.1) is 6.92 Å². The van der Waals surface area contributed by atoms with Crippen LogP contribution in [0.2, 0.25) is 0 Å². The molecule has 0 aromatic heterocycles. The van der Waals surface area contributed by atoms with Gasteiger partial charge in [0.05, 0.1) is 0 Å². The Hall–Kier alpha value is -1.22. The van der Waals surface area contributed by atoms with Gasteiger partial charge in [-0.15, -0.1) is 4.33 Å². The van der Waals surface area contributed by atoms with Crippen molar-refractivity contribution in [2.45, 2.75) is 62.9 Å². The van der Waals surface area contributed by atoms with Gasteiger partial charge in [-0.1, -0.05) is 50.4 Å². The van der Waals surface area contributed by atoms with Gasteiger partial charge in [-0.05, 0) is 29.9 Å². The summed E-state index contributed by atoms with van der Waals surface area (Å²) in [5, 5.41) is -1.74. The third kappa shape index (κ3) is 4.98. The number of aryl methyl sites for hydroxylation is 1. The van der Waals surface area contributed by atoms with E-state index in [2.05, 4.69) is 13.6 Å². The molecule has 1 N–H and O–H groups in total. The molecule has 174 valence electrons. The molecule has 0 atom stereocenters. The van der Waals surface area contributed by atoms with E-state index >= 15 is 0 Å². The standard InChI is InChI=1S/C16H20F6O6S2/c1-8(2)11-6-10(5)7-12(9(3)4)13(11)26-30(24,25)16(21,22)14(17,18)15(19,20)29-28-27-23/h6-9,23H,1-5H3. The summed E-state index contributed by atoms with van der Waals surface area (Å²) in [5.41, 5.74) is 0.840. The highest BCUT2D eigenvalue weighted by molar-refractivity contribution is 7.95. The molecule has 0 saturated carbocycles. The van der Waals surface area contributed by atoms with E-state index in [0.717, 1.165) is 0 Å². The predicted molar refractivity (Wildman–Crippen MR) is 96.1 cm³/mol. The van der Waals surface area contributed by atoms with Gasteiger partial charge in [0, 0.05) is 0 Å². The molecule has 1 aromatic rings. The van der Waals surface area contributed by atoms with Gasteiger partial charge in [0.25, 0.3) is 0 Å². The lowest BCUT2D eigenvalue weighted by atomic mass is 9.92. The number of benzene rings is 1. The second-order valence-electron chi connectivity index (χ2n) is 6.95. The number of rotatable bonds is 10. The predicted octanol–water partition coefficient (Wildman–Crippen LogP) is 5.84. The van der Waals surface area contributed by atoms with Crippen LogP contribution in [0.3, 0.4) is 0 Å². The van der Waals surface area contributed by atoms with Crippen LogP contribution >= 0.6 is 12.0 Å². The lowest BCUT2D eigenvalue weighted by Crippen LogP contribution is -2.57. The monoisotopic (exact) mass is 486 g/mol. The smallest absolute Gasteiger partial charge is 0.377 e. The number of alkyl halides is 6. The van der Waals surface area contributed by atoms with Crippen LogP contribution in [-0.2, 0) is 19.5 Å². The molecule has 0 aliphatic heterocycles. The van der Waals surface area contributed by atoms with Gasteiger partial charge in [-0.25, -0.2) is 5.26 Å². The molecule has 1 aromatic carbocycles. The fourth-order valence-corrected chi connectivity index (χ4v) is 3.75. The van der Waals surface area contributed by atoms with E-state index < -0.39 is 56.2 Å². The SMILES string of the molecule is Cc1cc(C(C)C)c(OS(=O)(=O)C(F)(F)C(F)(F)C(F)(F)SOOO)c(C(C)C)c1. The second-order valence-corrected chi connectivity index (χ2v) is 9.36. The van der Waals surface area contributed by atoms with E-state index in [0.29, 0.717) is 5.56 Å². The van der Waals surface area contributed by atoms with Crippen molar-refractivity contribution in [2.75, 3.05) is 0 Å². The first-order valence-corrected chi connectivity index (χ1v) is 10.5. The Kier molecular flexibility index (Phi) is 8.14. The highest BCUT2D eigenvalue weighted by Crippen LogP contribution is 2.54. The summed E-state index contributed by atoms with van der Waals surface area (Å²) < 4.78 is 115. The molecule has 0 amide bonds. The Morgan fingerprint density at radius 3 is 1.77 bits per heavy atom. The largest absolute Gasteiger partial charge is 0.450 e. The van der Waals surface area contributed by atoms with Gasteiger partial charge in [0.2, 0.25) is 0 Å². The van der Waals surface area contributed by atoms with Gasteiger partial charge < -0.3 is 4.18 Å². The van der Waals surface area contributed by atoms with Crippen molar-refractivity contribution < 1.29 is 53.6 Å². The van der Waals surface area contributed by atoms with Crippen molar-refractivity contribution in [2.24, 2.45) is 0 Å². The summed E-state index contributed by atoms with van der Waals surface area (Å²) in [4.78, 5) is 0. The summed E-state index contributed by atoms with van der Waals surface area (Å²) in [6, 6.07) is 2.82. The zero-order valence-electron chi connectivity index (χ0n) is 16.4. The highest BCUT2D eigenvalue weighted by Gasteiger charge is 2.79. The molecular formula is C16H20F6O6S2. The zero-order chi connectivity index (χ0) is 23.7. The molecule has 30 heavy (non-hydrogen) atoms. The molecule has 0 bridgehead atoms. The normalized spacial score (nSPS) is 13.9. The minimum atomic E-state index is -6.64. The average molecular weight is 486 g/mol. The molecule has 0 saturated heterocycles. The van der Waals surface area contributed by atoms with E-state index in [4.69, 9.17) is 5.26 Å². The first-order chi connectivity index (χ1) is 13.4. The summed E-state index contributed by atoms with van der Waals surface area (Å²) in [6.07, 6.45) is 0. The molecule has 0 radical (unpaired) electrons. The molecular weight excluding hydrogens is 466 g/mol. The third-order valence-corrected chi connectivity index (χ3v) is 5.81. The molecule has 0 fully saturated rings. The van der Waals surface area contributed by atoms with Gasteiger partial charge >= 0.3 is 26.5 Å². The maximum Gasteiger partial charge on any atom is 0.450 e. The van der Waals surface area contributed by atoms with Crippen LogP contribution in [0.5, 0.6) is 5.75 Å². The third-order valence-electron chi connectivity index (χ3n) is 3.94. The lowest BCUT2D eigenvalue weighted by Gasteiger charge is -2.30. The fourth-order valence-electron chi connectivity index (χ4n) is 2.38. The van der Waals surface area contributed by atoms with E-state index in [9.17, 15) is 34.8 Å². The zero-order valence-corrected chi connectivity index (χ0v) is 18.0. The van der Waals surface area contributed by atoms with Crippen molar-refractivity contribution >= 4 is 22.2 Å². The Balaban J connectivity index is 3.57. The molecule has 1 rings (SSSR count). The number of halogens is 6. The first kappa shape index (κ1) is 26.8. The van der Waals surface area contributed by atoms with E-state index in [1.54, 1.807) is 34.6 Å². The molecule has 0 heterocycles. The Bertz CT molecular complexity index is 829. The van der Waals surface area contributed by atoms with Crippen molar-refractivity contribution in [3.63, 3.8) is 0 Å². The fraction of sp³-hybridized carbons (Fsp3) is 0.625. The van der Waals surface area contributed by atoms with Crippen LogP contribution in [0.1, 0.15) is 56.2 Å². The molecule has 0 aliphatic rings. The summed E-state index contributed by atoms with van der Waals surface area (Å²) in [5.74, 6) is -8.10. The minimum absolute atomic E-state index is 0.111. The van der Waals surface area contributed by atoms with E-state index in [1.165, 1.54) is 12.1 Å². The topological polar surface area (TPSA) is 82.1 Å². The molecule has 0 aliphatic carbocycles. The minimum Gasteiger partial charge on any atom is -0.377 e. The van der Waals surface area contributed by atoms with Crippen LogP contribution in [0.25, 0.3) is 0 Å². The molecule has 6 nitrogen and oxygen atoms in total. The van der Waals surface area contributed by atoms with Gasteiger partial charge in [0.15, 0.2) is 0 Å². The van der Waals surface area contributed by atoms with Crippen molar-refractivity contribution in [3.8, 4) is 5.75 Å². The summed E-state index contributed by atoms with van der Waals surface area (Å²) >= 11 is -1.70. The Morgan fingerprint density at radius 2 is 1.40 bits per heavy atom. The van der Waals surface area contributed by atoms with Crippen molar-refractivity contribution in [3.05, 3.63) is 28.8 Å². The van der Waals surface area contributed by atoms with Crippen LogP contribution in [-0.4, -0.2) is 30.1 Å². The van der Waals surface area contributed by atoms with Gasteiger partial charge in [-0.3, -0.25) is 0 Å². The Morgan fingerprint density at radius 1 is 0.967 bits per heavy atom. The molecule has 0 unspecified atom stereocenters. The summed E-state index contributed by atoms with van der Waals surface area (Å²) in [7, 11) is -6.64. The van der Waals surface area contributed by atoms with Crippen LogP contribution in [0.15, 0.2) is 12.1 Å². The quantitative estimate of drug-likeness (QED) is 0.146.